The highest BCUT2D eigenvalue weighted by Gasteiger charge is 2.52. The molecule has 2 aromatic heterocycles. The van der Waals surface area contributed by atoms with Gasteiger partial charge in [0.15, 0.2) is 5.16 Å². The molecule has 1 saturated carbocycles. The summed E-state index contributed by atoms with van der Waals surface area (Å²) in [5.74, 6) is 0.137. The average Bonchev–Trinajstić information content (AvgIpc) is 3.17. The first-order valence-electron chi connectivity index (χ1n) is 9.57. The summed E-state index contributed by atoms with van der Waals surface area (Å²) in [5.41, 5.74) is 3.29. The molecule has 0 bridgehead atoms. The smallest absolute Gasteiger partial charge is 0.322 e. The lowest BCUT2D eigenvalue weighted by atomic mass is 9.77. The zero-order valence-corrected chi connectivity index (χ0v) is 17.4. The molecule has 0 atom stereocenters. The Morgan fingerprint density at radius 2 is 2.03 bits per heavy atom. The van der Waals surface area contributed by atoms with Crippen LogP contribution in [0.5, 0.6) is 0 Å². The molecule has 10 nitrogen and oxygen atoms in total. The molecule has 0 radical (unpaired) electrons. The highest BCUT2D eigenvalue weighted by Crippen LogP contribution is 2.35. The SMILES string of the molecule is Cc1cc(C)n2c(SCC(=O)NN3C(=O)NC4(CCC(C)CC4)C3=O)nnc2n1. The van der Waals surface area contributed by atoms with E-state index in [0.717, 1.165) is 29.2 Å². The highest BCUT2D eigenvalue weighted by atomic mass is 32.2. The average molecular weight is 417 g/mol. The Morgan fingerprint density at radius 1 is 1.31 bits per heavy atom. The van der Waals surface area contributed by atoms with Crippen molar-refractivity contribution in [2.75, 3.05) is 5.75 Å². The molecule has 3 heterocycles. The third-order valence-corrected chi connectivity index (χ3v) is 6.45. The Kier molecular flexibility index (Phi) is 4.93. The maximum atomic E-state index is 12.8. The van der Waals surface area contributed by atoms with E-state index in [4.69, 9.17) is 0 Å². The topological polar surface area (TPSA) is 122 Å². The van der Waals surface area contributed by atoms with Crippen LogP contribution >= 0.6 is 11.8 Å². The standard InChI is InChI=1S/C18H23N7O3S/c1-10-4-6-18(7-5-10)14(27)25(16(28)20-18)23-13(26)9-29-17-22-21-15-19-11(2)8-12(3)24(15)17/h8,10H,4-7,9H2,1-3H3,(H,20,28)(H,23,26). The van der Waals surface area contributed by atoms with Crippen molar-refractivity contribution in [1.29, 1.82) is 0 Å². The van der Waals surface area contributed by atoms with E-state index in [9.17, 15) is 14.4 Å². The quantitative estimate of drug-likeness (QED) is 0.569. The van der Waals surface area contributed by atoms with E-state index in [1.54, 1.807) is 4.40 Å². The van der Waals surface area contributed by atoms with Crippen LogP contribution < -0.4 is 10.7 Å². The number of carbonyl (C=O) groups excluding carboxylic acids is 3. The molecule has 4 amide bonds. The minimum atomic E-state index is -0.881. The Bertz CT molecular complexity index is 997. The second-order valence-electron chi connectivity index (χ2n) is 7.82. The van der Waals surface area contributed by atoms with Crippen LogP contribution in [0, 0.1) is 19.8 Å². The maximum Gasteiger partial charge on any atom is 0.344 e. The van der Waals surface area contributed by atoms with Gasteiger partial charge in [-0.25, -0.2) is 9.78 Å². The van der Waals surface area contributed by atoms with E-state index < -0.39 is 17.5 Å². The van der Waals surface area contributed by atoms with Gasteiger partial charge in [0, 0.05) is 11.4 Å². The number of aryl methyl sites for hydroxylation is 2. The first-order chi connectivity index (χ1) is 13.8. The van der Waals surface area contributed by atoms with Gasteiger partial charge in [0.05, 0.1) is 5.75 Å². The van der Waals surface area contributed by atoms with Crippen LogP contribution in [0.3, 0.4) is 0 Å². The summed E-state index contributed by atoms with van der Waals surface area (Å²) in [5, 5.41) is 12.2. The summed E-state index contributed by atoms with van der Waals surface area (Å²) in [6.45, 7) is 5.92. The predicted octanol–water partition coefficient (Wildman–Crippen LogP) is 1.37. The zero-order valence-electron chi connectivity index (χ0n) is 16.6. The first kappa shape index (κ1) is 19.6. The van der Waals surface area contributed by atoms with E-state index in [-0.39, 0.29) is 11.7 Å². The van der Waals surface area contributed by atoms with Crippen molar-refractivity contribution in [1.82, 2.24) is 35.3 Å². The summed E-state index contributed by atoms with van der Waals surface area (Å²) < 4.78 is 1.76. The van der Waals surface area contributed by atoms with Crippen LogP contribution in [0.15, 0.2) is 11.2 Å². The Hall–Kier alpha value is -2.69. The molecular formula is C18H23N7O3S. The molecule has 2 aromatic rings. The van der Waals surface area contributed by atoms with Gasteiger partial charge >= 0.3 is 6.03 Å². The summed E-state index contributed by atoms with van der Waals surface area (Å²) in [6, 6.07) is 1.32. The summed E-state index contributed by atoms with van der Waals surface area (Å²) in [7, 11) is 0. The molecule has 4 rings (SSSR count). The second kappa shape index (κ2) is 7.29. The van der Waals surface area contributed by atoms with E-state index in [2.05, 4.69) is 32.8 Å². The maximum absolute atomic E-state index is 12.8. The number of amides is 4. The molecule has 2 N–H and O–H groups in total. The van der Waals surface area contributed by atoms with Crippen molar-refractivity contribution in [3.05, 3.63) is 17.5 Å². The summed E-state index contributed by atoms with van der Waals surface area (Å²) in [4.78, 5) is 41.8. The van der Waals surface area contributed by atoms with E-state index in [1.807, 2.05) is 19.9 Å². The van der Waals surface area contributed by atoms with Crippen molar-refractivity contribution in [3.8, 4) is 0 Å². The molecule has 1 spiro atoms. The fourth-order valence-electron chi connectivity index (χ4n) is 3.90. The first-order valence-corrected chi connectivity index (χ1v) is 10.6. The number of hydrazine groups is 1. The fourth-order valence-corrected chi connectivity index (χ4v) is 4.67. The third kappa shape index (κ3) is 3.54. The van der Waals surface area contributed by atoms with Crippen LogP contribution in [-0.4, -0.2) is 53.7 Å². The van der Waals surface area contributed by atoms with Gasteiger partial charge in [-0.05, 0) is 51.5 Å². The number of nitrogens with one attached hydrogen (secondary N) is 2. The van der Waals surface area contributed by atoms with Crippen LogP contribution in [0.2, 0.25) is 0 Å². The second-order valence-corrected chi connectivity index (χ2v) is 8.76. The van der Waals surface area contributed by atoms with Crippen LogP contribution in [0.1, 0.15) is 44.0 Å². The number of hydrogen-bond donors (Lipinski definition) is 2. The van der Waals surface area contributed by atoms with Gasteiger partial charge in [0.25, 0.3) is 11.7 Å². The highest BCUT2D eigenvalue weighted by molar-refractivity contribution is 7.99. The number of urea groups is 1. The number of fused-ring (bicyclic) bond motifs is 1. The van der Waals surface area contributed by atoms with Gasteiger partial charge in [-0.3, -0.25) is 19.4 Å². The van der Waals surface area contributed by atoms with Crippen LogP contribution in [0.4, 0.5) is 4.79 Å². The predicted molar refractivity (Wildman–Crippen MR) is 105 cm³/mol. The number of nitrogens with zero attached hydrogens (tertiary/aromatic N) is 5. The Morgan fingerprint density at radius 3 is 2.76 bits per heavy atom. The molecule has 1 saturated heterocycles. The van der Waals surface area contributed by atoms with Crippen molar-refractivity contribution < 1.29 is 14.4 Å². The number of thioether (sulfide) groups is 1. The molecule has 1 aliphatic carbocycles. The molecule has 1 aliphatic heterocycles. The number of imide groups is 1. The summed E-state index contributed by atoms with van der Waals surface area (Å²) in [6.07, 6.45) is 2.93. The van der Waals surface area contributed by atoms with Crippen molar-refractivity contribution in [2.24, 2.45) is 5.92 Å². The molecule has 154 valence electrons. The molecule has 29 heavy (non-hydrogen) atoms. The monoisotopic (exact) mass is 417 g/mol. The lowest BCUT2D eigenvalue weighted by molar-refractivity contribution is -0.139. The van der Waals surface area contributed by atoms with Crippen molar-refractivity contribution >= 4 is 35.4 Å². The van der Waals surface area contributed by atoms with Gasteiger partial charge in [0.1, 0.15) is 5.54 Å². The van der Waals surface area contributed by atoms with E-state index in [1.165, 1.54) is 11.8 Å². The fraction of sp³-hybridized carbons (Fsp3) is 0.556. The summed E-state index contributed by atoms with van der Waals surface area (Å²) >= 11 is 1.17. The number of hydrogen-bond acceptors (Lipinski definition) is 7. The molecule has 2 fully saturated rings. The lowest BCUT2D eigenvalue weighted by Crippen LogP contribution is -2.51. The lowest BCUT2D eigenvalue weighted by Gasteiger charge is -2.33. The Labute approximate surface area is 171 Å². The van der Waals surface area contributed by atoms with E-state index in [0.29, 0.717) is 29.7 Å². The zero-order chi connectivity index (χ0) is 20.8. The van der Waals surface area contributed by atoms with Gasteiger partial charge in [-0.1, -0.05) is 18.7 Å². The minimum Gasteiger partial charge on any atom is -0.322 e. The number of rotatable bonds is 4. The van der Waals surface area contributed by atoms with Gasteiger partial charge < -0.3 is 5.32 Å². The van der Waals surface area contributed by atoms with Crippen molar-refractivity contribution in [3.63, 3.8) is 0 Å². The molecule has 2 aliphatic rings. The number of carbonyl (C=O) groups is 3. The largest absolute Gasteiger partial charge is 0.344 e. The Balaban J connectivity index is 1.40. The molecule has 11 heteroatoms. The van der Waals surface area contributed by atoms with Crippen LogP contribution in [-0.2, 0) is 9.59 Å². The molecule has 0 aromatic carbocycles. The normalized spacial score (nSPS) is 24.4. The van der Waals surface area contributed by atoms with Gasteiger partial charge in [-0.2, -0.15) is 5.01 Å². The number of aromatic nitrogens is 4. The molecule has 0 unspecified atom stereocenters. The third-order valence-electron chi connectivity index (χ3n) is 5.52. The van der Waals surface area contributed by atoms with Gasteiger partial charge in [-0.15, -0.1) is 10.2 Å². The molecular weight excluding hydrogens is 394 g/mol. The van der Waals surface area contributed by atoms with Crippen molar-refractivity contribution in [2.45, 2.75) is 57.1 Å². The van der Waals surface area contributed by atoms with Crippen LogP contribution in [0.25, 0.3) is 5.78 Å². The van der Waals surface area contributed by atoms with Gasteiger partial charge in [0.2, 0.25) is 5.91 Å². The van der Waals surface area contributed by atoms with E-state index >= 15 is 0 Å². The minimum absolute atomic E-state index is 0.0186.